The molecule has 0 saturated carbocycles. The van der Waals surface area contributed by atoms with Crippen LogP contribution in [0.4, 0.5) is 4.39 Å². The maximum atomic E-state index is 13.7. The van der Waals surface area contributed by atoms with E-state index in [-0.39, 0.29) is 25.2 Å². The highest BCUT2D eigenvalue weighted by atomic mass is 79.9. The van der Waals surface area contributed by atoms with Crippen molar-refractivity contribution in [3.63, 3.8) is 0 Å². The number of esters is 2. The summed E-state index contributed by atoms with van der Waals surface area (Å²) < 4.78 is 24.4. The number of aromatic nitrogens is 1. The normalized spacial score (nSPS) is 16.0. The van der Waals surface area contributed by atoms with E-state index in [2.05, 4.69) is 31.2 Å². The fourth-order valence-corrected chi connectivity index (χ4v) is 4.09. The highest BCUT2D eigenvalue weighted by molar-refractivity contribution is 9.10. The van der Waals surface area contributed by atoms with Crippen molar-refractivity contribution in [2.75, 3.05) is 13.2 Å². The minimum absolute atomic E-state index is 0.148. The van der Waals surface area contributed by atoms with Crippen molar-refractivity contribution < 1.29 is 23.5 Å². The van der Waals surface area contributed by atoms with Gasteiger partial charge in [-0.3, -0.25) is 9.79 Å². The average molecular weight is 496 g/mol. The van der Waals surface area contributed by atoms with Gasteiger partial charge in [-0.15, -0.1) is 11.3 Å². The van der Waals surface area contributed by atoms with Crippen LogP contribution in [-0.2, 0) is 19.1 Å². The first-order valence-corrected chi connectivity index (χ1v) is 10.9. The number of carbonyl (C=O) groups is 2. The highest BCUT2D eigenvalue weighted by Gasteiger charge is 2.34. The van der Waals surface area contributed by atoms with Gasteiger partial charge in [0.25, 0.3) is 0 Å². The van der Waals surface area contributed by atoms with Crippen molar-refractivity contribution >= 4 is 45.0 Å². The van der Waals surface area contributed by atoms with Gasteiger partial charge in [0.15, 0.2) is 10.8 Å². The van der Waals surface area contributed by atoms with Crippen LogP contribution in [0.15, 0.2) is 50.5 Å². The summed E-state index contributed by atoms with van der Waals surface area (Å²) in [7, 11) is 0. The number of ether oxygens (including phenoxy) is 2. The third-order valence-electron chi connectivity index (χ3n) is 4.14. The Kier molecular flexibility index (Phi) is 7.33. The molecule has 0 bridgehead atoms. The van der Waals surface area contributed by atoms with Gasteiger partial charge >= 0.3 is 11.9 Å². The van der Waals surface area contributed by atoms with Crippen molar-refractivity contribution in [1.29, 1.82) is 0 Å². The van der Waals surface area contributed by atoms with Crippen LogP contribution in [0.3, 0.4) is 0 Å². The summed E-state index contributed by atoms with van der Waals surface area (Å²) in [5.74, 6) is -1.15. The second-order valence-electron chi connectivity index (χ2n) is 6.10. The number of amidine groups is 1. The molecule has 0 spiro atoms. The predicted molar refractivity (Wildman–Crippen MR) is 114 cm³/mol. The van der Waals surface area contributed by atoms with Crippen molar-refractivity contribution in [2.24, 2.45) is 4.99 Å². The Balaban J connectivity index is 2.16. The first kappa shape index (κ1) is 22.1. The number of carbonyl (C=O) groups excluding carboxylic acids is 2. The largest absolute Gasteiger partial charge is 0.466 e. The zero-order valence-corrected chi connectivity index (χ0v) is 18.7. The Morgan fingerprint density at radius 3 is 2.67 bits per heavy atom. The van der Waals surface area contributed by atoms with Crippen LogP contribution in [0.2, 0.25) is 0 Å². The molecule has 7 nitrogen and oxygen atoms in total. The lowest BCUT2D eigenvalue weighted by molar-refractivity contribution is -0.142. The molecule has 1 aromatic carbocycles. The topological polar surface area (TPSA) is 89.9 Å². The van der Waals surface area contributed by atoms with E-state index in [0.717, 1.165) is 0 Å². The molecule has 0 amide bonds. The number of hydrogen-bond donors (Lipinski definition) is 1. The summed E-state index contributed by atoms with van der Waals surface area (Å²) in [6, 6.07) is 3.29. The van der Waals surface area contributed by atoms with Crippen LogP contribution in [0.5, 0.6) is 0 Å². The van der Waals surface area contributed by atoms with E-state index < -0.39 is 23.8 Å². The quantitative estimate of drug-likeness (QED) is 0.585. The SMILES string of the molecule is CCOC(=O)CC1=C(C(=O)OCC)C(c2ccc(F)cc2Br)N=C(c2nccs2)N1. The van der Waals surface area contributed by atoms with Crippen LogP contribution in [0, 0.1) is 5.82 Å². The summed E-state index contributed by atoms with van der Waals surface area (Å²) in [5, 5.41) is 5.43. The molecular weight excluding hydrogens is 477 g/mol. The van der Waals surface area contributed by atoms with Gasteiger partial charge in [0, 0.05) is 21.7 Å². The number of nitrogens with zero attached hydrogens (tertiary/aromatic N) is 2. The van der Waals surface area contributed by atoms with E-state index in [1.54, 1.807) is 31.5 Å². The van der Waals surface area contributed by atoms with Crippen molar-refractivity contribution in [3.05, 3.63) is 61.9 Å². The molecule has 2 heterocycles. The van der Waals surface area contributed by atoms with Crippen LogP contribution >= 0.6 is 27.3 Å². The zero-order chi connectivity index (χ0) is 21.7. The Bertz CT molecular complexity index is 1010. The van der Waals surface area contributed by atoms with Gasteiger partial charge < -0.3 is 14.8 Å². The fourth-order valence-electron chi connectivity index (χ4n) is 2.94. The second kappa shape index (κ2) is 9.94. The van der Waals surface area contributed by atoms with Gasteiger partial charge in [-0.25, -0.2) is 14.2 Å². The average Bonchev–Trinajstić information content (AvgIpc) is 3.22. The molecule has 1 N–H and O–H groups in total. The van der Waals surface area contributed by atoms with E-state index >= 15 is 0 Å². The number of aliphatic imine (C=N–C) groups is 1. The molecule has 30 heavy (non-hydrogen) atoms. The Morgan fingerprint density at radius 2 is 2.03 bits per heavy atom. The highest BCUT2D eigenvalue weighted by Crippen LogP contribution is 2.37. The number of benzene rings is 1. The van der Waals surface area contributed by atoms with Gasteiger partial charge in [0.05, 0.1) is 25.2 Å². The standard InChI is InChI=1S/C20H19BrFN3O4S/c1-3-28-15(26)10-14-16(20(27)29-4-2)17(12-6-5-11(22)9-13(12)21)25-18(24-14)19-23-7-8-30-19/h5-9,17H,3-4,10H2,1-2H3,(H,24,25). The number of halogens is 2. The minimum atomic E-state index is -0.830. The lowest BCUT2D eigenvalue weighted by Crippen LogP contribution is -2.35. The van der Waals surface area contributed by atoms with Crippen LogP contribution < -0.4 is 5.32 Å². The van der Waals surface area contributed by atoms with Gasteiger partial charge in [0.2, 0.25) is 0 Å². The first-order valence-electron chi connectivity index (χ1n) is 9.20. The van der Waals surface area contributed by atoms with Crippen LogP contribution in [0.25, 0.3) is 0 Å². The molecule has 0 saturated heterocycles. The predicted octanol–water partition coefficient (Wildman–Crippen LogP) is 3.91. The van der Waals surface area contributed by atoms with Gasteiger partial charge in [-0.05, 0) is 31.5 Å². The van der Waals surface area contributed by atoms with E-state index in [0.29, 0.717) is 26.6 Å². The third-order valence-corrected chi connectivity index (χ3v) is 5.61. The number of nitrogens with one attached hydrogen (secondary N) is 1. The second-order valence-corrected chi connectivity index (χ2v) is 7.85. The molecule has 1 atom stereocenters. The van der Waals surface area contributed by atoms with Crippen molar-refractivity contribution in [2.45, 2.75) is 26.3 Å². The zero-order valence-electron chi connectivity index (χ0n) is 16.3. The molecule has 10 heteroatoms. The maximum Gasteiger partial charge on any atom is 0.338 e. The molecule has 0 fully saturated rings. The monoisotopic (exact) mass is 495 g/mol. The van der Waals surface area contributed by atoms with Gasteiger partial charge in [-0.1, -0.05) is 22.0 Å². The molecule has 1 unspecified atom stereocenters. The van der Waals surface area contributed by atoms with Crippen LogP contribution in [-0.4, -0.2) is 36.0 Å². The molecular formula is C20H19BrFN3O4S. The summed E-state index contributed by atoms with van der Waals surface area (Å²) >= 11 is 4.71. The van der Waals surface area contributed by atoms with E-state index in [9.17, 15) is 14.0 Å². The van der Waals surface area contributed by atoms with Crippen molar-refractivity contribution in [1.82, 2.24) is 10.3 Å². The van der Waals surface area contributed by atoms with E-state index in [1.807, 2.05) is 0 Å². The Morgan fingerprint density at radius 1 is 1.27 bits per heavy atom. The van der Waals surface area contributed by atoms with Gasteiger partial charge in [0.1, 0.15) is 11.9 Å². The summed E-state index contributed by atoms with van der Waals surface area (Å²) in [6.07, 6.45) is 1.45. The van der Waals surface area contributed by atoms with E-state index in [1.165, 1.54) is 23.5 Å². The Hall–Kier alpha value is -2.59. The molecule has 1 aliphatic heterocycles. The summed E-state index contributed by atoms with van der Waals surface area (Å²) in [4.78, 5) is 34.0. The Labute approximate surface area is 185 Å². The molecule has 2 aromatic rings. The van der Waals surface area contributed by atoms with Crippen LogP contribution in [0.1, 0.15) is 36.9 Å². The molecule has 3 rings (SSSR count). The molecule has 0 aliphatic carbocycles. The maximum absolute atomic E-state index is 13.7. The number of rotatable bonds is 7. The lowest BCUT2D eigenvalue weighted by Gasteiger charge is -2.27. The summed E-state index contributed by atoms with van der Waals surface area (Å²) in [5.41, 5.74) is 1.03. The summed E-state index contributed by atoms with van der Waals surface area (Å²) in [6.45, 7) is 3.75. The first-order chi connectivity index (χ1) is 14.4. The third kappa shape index (κ3) is 4.93. The van der Waals surface area contributed by atoms with E-state index in [4.69, 9.17) is 9.47 Å². The lowest BCUT2D eigenvalue weighted by atomic mass is 9.94. The molecule has 0 radical (unpaired) electrons. The number of thiazole rings is 1. The molecule has 158 valence electrons. The van der Waals surface area contributed by atoms with Crippen molar-refractivity contribution in [3.8, 4) is 0 Å². The van der Waals surface area contributed by atoms with Gasteiger partial charge in [-0.2, -0.15) is 0 Å². The molecule has 1 aromatic heterocycles. The smallest absolute Gasteiger partial charge is 0.338 e. The minimum Gasteiger partial charge on any atom is -0.466 e. The number of hydrogen-bond acceptors (Lipinski definition) is 8. The fraction of sp³-hybridized carbons (Fsp3) is 0.300. The molecule has 1 aliphatic rings.